The molecule has 0 aliphatic carbocycles. The standard InChI is InChI=1S/2Na.H3O4P.H/c;;1-5(2,3)4;/h;;(H3,1,2,3,4);/q;+1;;/p-1. The molecule has 0 aliphatic rings. The summed E-state index contributed by atoms with van der Waals surface area (Å²) in [4.78, 5) is 25.6. The fourth-order valence-electron chi connectivity index (χ4n) is 0. The fraction of sp³-hybridized carbons (Fsp3) is 0. The molecule has 0 aliphatic heterocycles. The van der Waals surface area contributed by atoms with Crippen LogP contribution in [0.4, 0.5) is 0 Å². The molecular formula is H3Na2O4P. The van der Waals surface area contributed by atoms with E-state index in [4.69, 9.17) is 19.2 Å². The summed E-state index contributed by atoms with van der Waals surface area (Å²) in [5, 5.41) is 0. The van der Waals surface area contributed by atoms with Crippen LogP contribution in [0.2, 0.25) is 0 Å². The average molecular weight is 144 g/mol. The van der Waals surface area contributed by atoms with Gasteiger partial charge in [-0.1, -0.05) is 0 Å². The molecule has 0 radical (unpaired) electrons. The molecule has 0 spiro atoms. The van der Waals surface area contributed by atoms with Crippen molar-refractivity contribution in [3.05, 3.63) is 0 Å². The van der Waals surface area contributed by atoms with E-state index in [1.807, 2.05) is 0 Å². The molecule has 0 fully saturated rings. The van der Waals surface area contributed by atoms with E-state index in [1.165, 1.54) is 0 Å². The normalized spacial score (nSPS) is 8.43. The van der Waals surface area contributed by atoms with Crippen LogP contribution < -0.4 is 44.2 Å². The number of hydrogen-bond acceptors (Lipinski definition) is 4. The van der Waals surface area contributed by atoms with E-state index in [0.29, 0.717) is 0 Å². The third kappa shape index (κ3) is 68.0. The molecule has 0 N–H and O–H groups in total. The number of phosphoric acid groups is 1. The number of hydrogen-bond donors (Lipinski definition) is 0. The Labute approximate surface area is 88.1 Å². The van der Waals surface area contributed by atoms with Gasteiger partial charge in [-0.05, 0) is 0 Å². The zero-order valence-electron chi connectivity index (χ0n) is 5.08. The van der Waals surface area contributed by atoms with Crippen LogP contribution in [0.25, 0.3) is 0 Å². The van der Waals surface area contributed by atoms with Gasteiger partial charge in [-0.3, -0.25) is 0 Å². The molecule has 4 nitrogen and oxygen atoms in total. The molecule has 0 aromatic heterocycles. The third-order valence-corrected chi connectivity index (χ3v) is 0. The molecule has 0 heterocycles. The first-order valence-electron chi connectivity index (χ1n) is 0.730. The molecular weight excluding hydrogens is 141 g/mol. The Kier molecular flexibility index (Phi) is 14.3. The van der Waals surface area contributed by atoms with E-state index in [0.717, 1.165) is 0 Å². The summed E-state index contributed by atoms with van der Waals surface area (Å²) >= 11 is 0. The molecule has 0 aromatic carbocycles. The molecule has 0 rings (SSSR count). The third-order valence-electron chi connectivity index (χ3n) is 0. The minimum atomic E-state index is -5.39. The van der Waals surface area contributed by atoms with E-state index < -0.39 is 7.82 Å². The van der Waals surface area contributed by atoms with Gasteiger partial charge in [0.1, 0.15) is 0 Å². The summed E-state index contributed by atoms with van der Waals surface area (Å²) in [5.74, 6) is 0. The van der Waals surface area contributed by atoms with Crippen LogP contribution in [0.15, 0.2) is 0 Å². The van der Waals surface area contributed by atoms with Crippen LogP contribution in [0.1, 0.15) is 2.85 Å². The van der Waals surface area contributed by atoms with Crippen molar-refractivity contribution in [2.75, 3.05) is 0 Å². The monoisotopic (exact) mass is 144 g/mol. The second-order valence-electron chi connectivity index (χ2n) is 0.447. The zero-order valence-corrected chi connectivity index (χ0v) is 5.97. The van der Waals surface area contributed by atoms with Gasteiger partial charge in [-0.2, -0.15) is 7.82 Å². The second kappa shape index (κ2) is 6.23. The van der Waals surface area contributed by atoms with Crippen molar-refractivity contribution in [1.29, 1.82) is 0 Å². The van der Waals surface area contributed by atoms with Crippen LogP contribution in [0.3, 0.4) is 0 Å². The van der Waals surface area contributed by atoms with Crippen molar-refractivity contribution in [3.8, 4) is 0 Å². The van der Waals surface area contributed by atoms with Crippen LogP contribution in [-0.4, -0.2) is 29.6 Å². The molecule has 0 atom stereocenters. The van der Waals surface area contributed by atoms with Gasteiger partial charge in [0, 0.05) is 0 Å². The first-order valence-corrected chi connectivity index (χ1v) is 2.19. The summed E-state index contributed by atoms with van der Waals surface area (Å²) in [7, 11) is -5.39. The SMILES string of the molecule is O=P([O-])([O-])[O-].[H+].[H+].[Na+].[NaH]. The van der Waals surface area contributed by atoms with E-state index in [2.05, 4.69) is 0 Å². The Morgan fingerprint density at radius 1 is 1.29 bits per heavy atom. The maximum absolute atomic E-state index is 8.55. The maximum atomic E-state index is 8.55. The first-order chi connectivity index (χ1) is 2.00. The van der Waals surface area contributed by atoms with Crippen LogP contribution in [-0.2, 0) is 4.57 Å². The predicted octanol–water partition coefficient (Wildman–Crippen LogP) is -6.24. The molecule has 0 saturated carbocycles. The van der Waals surface area contributed by atoms with Gasteiger partial charge < -0.3 is 19.2 Å². The van der Waals surface area contributed by atoms with Crippen LogP contribution in [0.5, 0.6) is 0 Å². The minimum absolute atomic E-state index is 0. The van der Waals surface area contributed by atoms with Crippen molar-refractivity contribution < 1.29 is 51.7 Å². The first kappa shape index (κ1) is 16.1. The molecule has 0 saturated heterocycles. The topological polar surface area (TPSA) is 86.2 Å². The van der Waals surface area contributed by atoms with Gasteiger partial charge in [0.2, 0.25) is 0 Å². The van der Waals surface area contributed by atoms with Crippen LogP contribution in [0, 0.1) is 0 Å². The molecule has 0 amide bonds. The van der Waals surface area contributed by atoms with Crippen molar-refractivity contribution >= 4 is 37.4 Å². The Balaban J connectivity index is -0.0000000133. The molecule has 0 unspecified atom stereocenters. The Morgan fingerprint density at radius 2 is 1.29 bits per heavy atom. The Bertz CT molecular complexity index is 62.7. The average Bonchev–Trinajstić information content (AvgIpc) is 0.722. The molecule has 7 heteroatoms. The predicted molar refractivity (Wildman–Crippen MR) is 17.0 cm³/mol. The van der Waals surface area contributed by atoms with E-state index in [-0.39, 0.29) is 62.0 Å². The summed E-state index contributed by atoms with van der Waals surface area (Å²) in [6, 6.07) is 0. The molecule has 0 bridgehead atoms. The quantitative estimate of drug-likeness (QED) is 0.250. The zero-order chi connectivity index (χ0) is 4.50. The molecule has 0 aromatic rings. The second-order valence-corrected chi connectivity index (χ2v) is 1.34. The van der Waals surface area contributed by atoms with Crippen molar-refractivity contribution in [2.45, 2.75) is 0 Å². The van der Waals surface area contributed by atoms with Crippen LogP contribution >= 0.6 is 7.82 Å². The van der Waals surface area contributed by atoms with Gasteiger partial charge in [0.25, 0.3) is 0 Å². The fourth-order valence-corrected chi connectivity index (χ4v) is 0. The number of rotatable bonds is 0. The van der Waals surface area contributed by atoms with E-state index in [9.17, 15) is 0 Å². The van der Waals surface area contributed by atoms with Gasteiger partial charge in [0.15, 0.2) is 0 Å². The van der Waals surface area contributed by atoms with E-state index in [1.54, 1.807) is 0 Å². The van der Waals surface area contributed by atoms with Gasteiger partial charge in [-0.15, -0.1) is 0 Å². The Morgan fingerprint density at radius 3 is 1.29 bits per heavy atom. The summed E-state index contributed by atoms with van der Waals surface area (Å²) in [6.07, 6.45) is 0. The van der Waals surface area contributed by atoms with E-state index >= 15 is 0 Å². The molecule has 34 valence electrons. The summed E-state index contributed by atoms with van der Waals surface area (Å²) in [5.41, 5.74) is 0. The van der Waals surface area contributed by atoms with Crippen molar-refractivity contribution in [3.63, 3.8) is 0 Å². The van der Waals surface area contributed by atoms with Gasteiger partial charge >= 0.3 is 62.0 Å². The van der Waals surface area contributed by atoms with Crippen molar-refractivity contribution in [1.82, 2.24) is 0 Å². The Hall–Kier alpha value is 2.11. The van der Waals surface area contributed by atoms with Gasteiger partial charge in [0.05, 0.1) is 0 Å². The molecule has 7 heavy (non-hydrogen) atoms. The summed E-state index contributed by atoms with van der Waals surface area (Å²) < 4.78 is 8.55. The van der Waals surface area contributed by atoms with Gasteiger partial charge in [-0.25, -0.2) is 0 Å². The van der Waals surface area contributed by atoms with Crippen molar-refractivity contribution in [2.24, 2.45) is 0 Å². The summed E-state index contributed by atoms with van der Waals surface area (Å²) in [6.45, 7) is 0.